The molecule has 0 amide bonds. The molecule has 0 bridgehead atoms. The average Bonchev–Trinajstić information content (AvgIpc) is 2.64. The summed E-state index contributed by atoms with van der Waals surface area (Å²) in [7, 11) is 0. The van der Waals surface area contributed by atoms with Crippen LogP contribution in [0.25, 0.3) is 21.8 Å². The quantitative estimate of drug-likeness (QED) is 0.493. The molecule has 3 aromatic rings. The highest BCUT2D eigenvalue weighted by Gasteiger charge is 2.17. The molecule has 0 aliphatic carbocycles. The first-order valence-corrected chi connectivity index (χ1v) is 5.17. The van der Waals surface area contributed by atoms with E-state index in [1.807, 2.05) is 24.3 Å². The van der Waals surface area contributed by atoms with Crippen LogP contribution in [-0.2, 0) is 0 Å². The monoisotopic (exact) mass is 228 g/mol. The largest absolute Gasteiger partial charge is 0.354 e. The lowest BCUT2D eigenvalue weighted by atomic mass is 10.1. The molecule has 1 aromatic heterocycles. The van der Waals surface area contributed by atoms with E-state index in [2.05, 4.69) is 10.7 Å². The fraction of sp³-hybridized carbons (Fsp3) is 0. The predicted octanol–water partition coefficient (Wildman–Crippen LogP) is 2.10. The number of rotatable bonds is 1. The van der Waals surface area contributed by atoms with Crippen LogP contribution in [0.5, 0.6) is 0 Å². The molecule has 0 aliphatic rings. The Hall–Kier alpha value is -2.40. The SMILES string of the molecule is [NH3+]c1cc2[nH]c3ccccc3c2cc1[N+](=O)[O-]. The van der Waals surface area contributed by atoms with E-state index >= 15 is 0 Å². The number of nitrogens with zero attached hydrogens (tertiary/aromatic N) is 1. The van der Waals surface area contributed by atoms with Crippen LogP contribution in [-0.4, -0.2) is 9.91 Å². The van der Waals surface area contributed by atoms with Crippen LogP contribution < -0.4 is 5.73 Å². The molecule has 5 nitrogen and oxygen atoms in total. The van der Waals surface area contributed by atoms with E-state index in [4.69, 9.17) is 0 Å². The number of hydrogen-bond donors (Lipinski definition) is 2. The van der Waals surface area contributed by atoms with E-state index in [9.17, 15) is 10.1 Å². The molecular weight excluding hydrogens is 218 g/mol. The highest BCUT2D eigenvalue weighted by molar-refractivity contribution is 6.08. The van der Waals surface area contributed by atoms with Crippen LogP contribution in [0.3, 0.4) is 0 Å². The summed E-state index contributed by atoms with van der Waals surface area (Å²) in [6, 6.07) is 11.0. The van der Waals surface area contributed by atoms with Gasteiger partial charge in [0, 0.05) is 28.4 Å². The maximum absolute atomic E-state index is 10.9. The van der Waals surface area contributed by atoms with Crippen molar-refractivity contribution >= 4 is 33.2 Å². The number of nitro groups is 1. The van der Waals surface area contributed by atoms with Crippen molar-refractivity contribution in [2.45, 2.75) is 0 Å². The Bertz CT molecular complexity index is 746. The molecule has 0 saturated carbocycles. The van der Waals surface area contributed by atoms with Crippen molar-refractivity contribution in [1.82, 2.24) is 4.98 Å². The van der Waals surface area contributed by atoms with E-state index in [1.165, 1.54) is 0 Å². The van der Waals surface area contributed by atoms with Crippen molar-refractivity contribution < 1.29 is 10.7 Å². The smallest absolute Gasteiger partial charge is 0.329 e. The summed E-state index contributed by atoms with van der Waals surface area (Å²) in [6.07, 6.45) is 0. The molecule has 0 atom stereocenters. The van der Waals surface area contributed by atoms with Crippen molar-refractivity contribution in [1.29, 1.82) is 0 Å². The number of benzene rings is 2. The van der Waals surface area contributed by atoms with Gasteiger partial charge in [-0.15, -0.1) is 0 Å². The Morgan fingerprint density at radius 1 is 1.12 bits per heavy atom. The van der Waals surface area contributed by atoms with Crippen molar-refractivity contribution in [2.75, 3.05) is 0 Å². The Morgan fingerprint density at radius 2 is 1.88 bits per heavy atom. The molecule has 17 heavy (non-hydrogen) atoms. The lowest BCUT2D eigenvalue weighted by Crippen LogP contribution is -2.40. The maximum Gasteiger partial charge on any atom is 0.329 e. The summed E-state index contributed by atoms with van der Waals surface area (Å²) in [5.74, 6) is 0. The number of hydrogen-bond acceptors (Lipinski definition) is 2. The number of nitro benzene ring substituents is 1. The highest BCUT2D eigenvalue weighted by atomic mass is 16.6. The Labute approximate surface area is 96.0 Å². The fourth-order valence-corrected chi connectivity index (χ4v) is 2.10. The first kappa shape index (κ1) is 9.80. The summed E-state index contributed by atoms with van der Waals surface area (Å²) in [5.41, 5.74) is 6.03. The van der Waals surface area contributed by atoms with Crippen LogP contribution in [0.4, 0.5) is 11.4 Å². The van der Waals surface area contributed by atoms with Crippen LogP contribution in [0.2, 0.25) is 0 Å². The van der Waals surface area contributed by atoms with Gasteiger partial charge in [0.25, 0.3) is 0 Å². The highest BCUT2D eigenvalue weighted by Crippen LogP contribution is 2.31. The molecule has 1 heterocycles. The molecule has 0 aliphatic heterocycles. The first-order chi connectivity index (χ1) is 8.16. The number of nitrogens with one attached hydrogen (secondary N) is 1. The first-order valence-electron chi connectivity index (χ1n) is 5.17. The molecule has 0 spiro atoms. The molecule has 0 unspecified atom stereocenters. The van der Waals surface area contributed by atoms with Crippen molar-refractivity contribution in [3.8, 4) is 0 Å². The molecule has 0 radical (unpaired) electrons. The van der Waals surface area contributed by atoms with Crippen molar-refractivity contribution in [3.63, 3.8) is 0 Å². The van der Waals surface area contributed by atoms with Gasteiger partial charge in [-0.25, -0.2) is 0 Å². The van der Waals surface area contributed by atoms with Gasteiger partial charge in [0.1, 0.15) is 0 Å². The normalized spacial score (nSPS) is 11.1. The van der Waals surface area contributed by atoms with E-state index in [-0.39, 0.29) is 5.69 Å². The van der Waals surface area contributed by atoms with Gasteiger partial charge in [-0.3, -0.25) is 10.1 Å². The molecule has 0 fully saturated rings. The van der Waals surface area contributed by atoms with Crippen molar-refractivity contribution in [3.05, 3.63) is 46.5 Å². The third-order valence-corrected chi connectivity index (χ3v) is 2.90. The van der Waals surface area contributed by atoms with Crippen molar-refractivity contribution in [2.24, 2.45) is 0 Å². The lowest BCUT2D eigenvalue weighted by molar-refractivity contribution is -0.395. The zero-order valence-electron chi connectivity index (χ0n) is 8.93. The zero-order valence-corrected chi connectivity index (χ0v) is 8.93. The minimum atomic E-state index is -0.399. The molecule has 3 rings (SSSR count). The number of aromatic nitrogens is 1. The number of fused-ring (bicyclic) bond motifs is 3. The fourth-order valence-electron chi connectivity index (χ4n) is 2.10. The third kappa shape index (κ3) is 1.37. The second-order valence-electron chi connectivity index (χ2n) is 3.95. The Morgan fingerprint density at radius 3 is 2.65 bits per heavy atom. The molecule has 2 aromatic carbocycles. The van der Waals surface area contributed by atoms with Gasteiger partial charge in [0.2, 0.25) is 5.69 Å². The maximum atomic E-state index is 10.9. The van der Waals surface area contributed by atoms with Gasteiger partial charge in [-0.2, -0.15) is 0 Å². The second kappa shape index (κ2) is 3.29. The predicted molar refractivity (Wildman–Crippen MR) is 65.0 cm³/mol. The number of H-pyrrole nitrogens is 1. The third-order valence-electron chi connectivity index (χ3n) is 2.90. The minimum absolute atomic E-state index is 0.0576. The average molecular weight is 228 g/mol. The van der Waals surface area contributed by atoms with E-state index < -0.39 is 4.92 Å². The molecule has 4 N–H and O–H groups in total. The van der Waals surface area contributed by atoms with Gasteiger partial charge in [-0.05, 0) is 6.07 Å². The number of para-hydroxylation sites is 1. The number of aromatic amines is 1. The molecule has 5 heteroatoms. The molecular formula is C12H10N3O2+. The summed E-state index contributed by atoms with van der Waals surface area (Å²) < 4.78 is 0. The topological polar surface area (TPSA) is 86.6 Å². The van der Waals surface area contributed by atoms with Crippen LogP contribution in [0.15, 0.2) is 36.4 Å². The van der Waals surface area contributed by atoms with Gasteiger partial charge in [0.05, 0.1) is 10.4 Å². The summed E-state index contributed by atoms with van der Waals surface area (Å²) in [6.45, 7) is 0. The Kier molecular flexibility index (Phi) is 1.90. The van der Waals surface area contributed by atoms with E-state index in [1.54, 1.807) is 12.1 Å². The number of quaternary nitrogens is 1. The van der Waals surface area contributed by atoms with Crippen LogP contribution >= 0.6 is 0 Å². The minimum Gasteiger partial charge on any atom is -0.354 e. The summed E-state index contributed by atoms with van der Waals surface area (Å²) >= 11 is 0. The van der Waals surface area contributed by atoms with Crippen LogP contribution in [0, 0.1) is 10.1 Å². The summed E-state index contributed by atoms with van der Waals surface area (Å²) in [4.78, 5) is 13.7. The van der Waals surface area contributed by atoms with E-state index in [0.717, 1.165) is 21.8 Å². The molecule has 0 saturated heterocycles. The van der Waals surface area contributed by atoms with Gasteiger partial charge in [-0.1, -0.05) is 18.2 Å². The Balaban J connectivity index is 2.47. The van der Waals surface area contributed by atoms with Gasteiger partial charge >= 0.3 is 5.69 Å². The van der Waals surface area contributed by atoms with Gasteiger partial charge in [0.15, 0.2) is 0 Å². The standard InChI is InChI=1S/C12H9N3O2/c13-9-6-11-8(5-12(9)15(16)17)7-3-1-2-4-10(7)14-11/h1-6,14H,13H2/p+1. The van der Waals surface area contributed by atoms with Crippen LogP contribution in [0.1, 0.15) is 0 Å². The lowest BCUT2D eigenvalue weighted by Gasteiger charge is -1.94. The van der Waals surface area contributed by atoms with E-state index in [0.29, 0.717) is 5.69 Å². The summed E-state index contributed by atoms with van der Waals surface area (Å²) in [5, 5.41) is 12.7. The van der Waals surface area contributed by atoms with Gasteiger partial charge < -0.3 is 10.7 Å². The molecule has 84 valence electrons. The second-order valence-corrected chi connectivity index (χ2v) is 3.95. The zero-order chi connectivity index (χ0) is 12.0.